The van der Waals surface area contributed by atoms with Crippen LogP contribution in [0.3, 0.4) is 0 Å². The number of anilines is 1. The van der Waals surface area contributed by atoms with E-state index in [-0.39, 0.29) is 12.5 Å². The molecule has 0 bridgehead atoms. The smallest absolute Gasteiger partial charge is 0.231 e. The predicted molar refractivity (Wildman–Crippen MR) is 82.0 cm³/mol. The normalized spacial score (nSPS) is 13.3. The van der Waals surface area contributed by atoms with Gasteiger partial charge in [0.1, 0.15) is 5.82 Å². The standard InChI is InChI=1S/C16H12FN3O2/c17-11-7-14-10(6-12(11)18)13(19-20-14)3-1-9-2-4-15-16(5-9)22-8-21-15/h1-7H,8,18H2,(H,19,20). The molecule has 1 aliphatic heterocycles. The van der Waals surface area contributed by atoms with E-state index in [0.29, 0.717) is 11.2 Å². The van der Waals surface area contributed by atoms with Crippen molar-refractivity contribution >= 4 is 28.7 Å². The van der Waals surface area contributed by atoms with Gasteiger partial charge >= 0.3 is 0 Å². The lowest BCUT2D eigenvalue weighted by Gasteiger charge is -1.98. The molecule has 2 aromatic carbocycles. The van der Waals surface area contributed by atoms with E-state index in [1.807, 2.05) is 30.4 Å². The minimum atomic E-state index is -0.456. The average Bonchev–Trinajstić information content (AvgIpc) is 3.12. The summed E-state index contributed by atoms with van der Waals surface area (Å²) in [5, 5.41) is 7.74. The molecule has 0 radical (unpaired) electrons. The fraction of sp³-hybridized carbons (Fsp3) is 0.0625. The second-order valence-electron chi connectivity index (χ2n) is 4.97. The summed E-state index contributed by atoms with van der Waals surface area (Å²) >= 11 is 0. The molecule has 0 saturated carbocycles. The molecule has 1 aliphatic rings. The average molecular weight is 297 g/mol. The molecule has 0 unspecified atom stereocenters. The third-order valence-corrected chi connectivity index (χ3v) is 3.54. The number of nitrogen functional groups attached to an aromatic ring is 1. The lowest BCUT2D eigenvalue weighted by molar-refractivity contribution is 0.174. The van der Waals surface area contributed by atoms with E-state index in [4.69, 9.17) is 15.2 Å². The Morgan fingerprint density at radius 2 is 2.00 bits per heavy atom. The summed E-state index contributed by atoms with van der Waals surface area (Å²) in [7, 11) is 0. The summed E-state index contributed by atoms with van der Waals surface area (Å²) in [6.45, 7) is 0.247. The maximum atomic E-state index is 13.4. The van der Waals surface area contributed by atoms with Crippen LogP contribution in [0.2, 0.25) is 0 Å². The number of aromatic amines is 1. The van der Waals surface area contributed by atoms with E-state index in [9.17, 15) is 4.39 Å². The first-order chi connectivity index (χ1) is 10.7. The molecule has 0 saturated heterocycles. The van der Waals surface area contributed by atoms with Gasteiger partial charge in [-0.25, -0.2) is 4.39 Å². The van der Waals surface area contributed by atoms with Gasteiger partial charge in [-0.05, 0) is 29.8 Å². The van der Waals surface area contributed by atoms with Gasteiger partial charge in [-0.15, -0.1) is 0 Å². The van der Waals surface area contributed by atoms with Gasteiger partial charge in [0.15, 0.2) is 11.5 Å². The largest absolute Gasteiger partial charge is 0.454 e. The van der Waals surface area contributed by atoms with E-state index in [1.165, 1.54) is 6.07 Å². The van der Waals surface area contributed by atoms with Crippen LogP contribution < -0.4 is 15.2 Å². The van der Waals surface area contributed by atoms with Crippen LogP contribution >= 0.6 is 0 Å². The number of hydrogen-bond donors (Lipinski definition) is 2. The van der Waals surface area contributed by atoms with Crippen LogP contribution in [-0.4, -0.2) is 17.0 Å². The van der Waals surface area contributed by atoms with Gasteiger partial charge in [-0.1, -0.05) is 12.1 Å². The zero-order valence-electron chi connectivity index (χ0n) is 11.5. The number of nitrogens with two attached hydrogens (primary N) is 1. The van der Waals surface area contributed by atoms with E-state index in [1.54, 1.807) is 6.07 Å². The van der Waals surface area contributed by atoms with Crippen LogP contribution in [0.4, 0.5) is 10.1 Å². The van der Waals surface area contributed by atoms with Gasteiger partial charge in [0, 0.05) is 11.5 Å². The molecule has 22 heavy (non-hydrogen) atoms. The summed E-state index contributed by atoms with van der Waals surface area (Å²) < 4.78 is 24.0. The number of rotatable bonds is 2. The van der Waals surface area contributed by atoms with Gasteiger partial charge in [-0.3, -0.25) is 5.10 Å². The van der Waals surface area contributed by atoms with Gasteiger partial charge in [0.05, 0.1) is 16.9 Å². The molecule has 0 fully saturated rings. The Morgan fingerprint density at radius 3 is 2.91 bits per heavy atom. The van der Waals surface area contributed by atoms with Crippen molar-refractivity contribution in [3.8, 4) is 11.5 Å². The van der Waals surface area contributed by atoms with Crippen LogP contribution in [0, 0.1) is 5.82 Å². The number of halogens is 1. The van der Waals surface area contributed by atoms with Gasteiger partial charge < -0.3 is 15.2 Å². The summed E-state index contributed by atoms with van der Waals surface area (Å²) in [5.41, 5.74) is 7.97. The van der Waals surface area contributed by atoms with Crippen molar-refractivity contribution in [3.05, 3.63) is 47.4 Å². The van der Waals surface area contributed by atoms with Crippen molar-refractivity contribution in [2.75, 3.05) is 12.5 Å². The molecule has 0 amide bonds. The Morgan fingerprint density at radius 1 is 1.14 bits per heavy atom. The molecule has 6 heteroatoms. The van der Waals surface area contributed by atoms with Crippen LogP contribution in [0.5, 0.6) is 11.5 Å². The van der Waals surface area contributed by atoms with E-state index >= 15 is 0 Å². The summed E-state index contributed by atoms with van der Waals surface area (Å²) in [4.78, 5) is 0. The van der Waals surface area contributed by atoms with Crippen molar-refractivity contribution in [2.24, 2.45) is 0 Å². The molecular weight excluding hydrogens is 285 g/mol. The van der Waals surface area contributed by atoms with Crippen molar-refractivity contribution in [3.63, 3.8) is 0 Å². The van der Waals surface area contributed by atoms with Crippen molar-refractivity contribution in [2.45, 2.75) is 0 Å². The van der Waals surface area contributed by atoms with Gasteiger partial charge in [0.25, 0.3) is 0 Å². The van der Waals surface area contributed by atoms with Crippen molar-refractivity contribution in [1.82, 2.24) is 10.2 Å². The van der Waals surface area contributed by atoms with E-state index in [0.717, 1.165) is 22.4 Å². The molecule has 2 heterocycles. The lowest BCUT2D eigenvalue weighted by atomic mass is 10.1. The number of nitrogens with zero attached hydrogens (tertiary/aromatic N) is 1. The first kappa shape index (κ1) is 12.7. The van der Waals surface area contributed by atoms with Gasteiger partial charge in [-0.2, -0.15) is 5.10 Å². The number of benzene rings is 2. The Bertz CT molecular complexity index is 902. The molecular formula is C16H12FN3O2. The summed E-state index contributed by atoms with van der Waals surface area (Å²) in [5.74, 6) is 1.01. The highest BCUT2D eigenvalue weighted by Gasteiger charge is 2.12. The summed E-state index contributed by atoms with van der Waals surface area (Å²) in [6, 6.07) is 8.59. The monoisotopic (exact) mass is 297 g/mol. The Kier molecular flexibility index (Phi) is 2.75. The highest BCUT2D eigenvalue weighted by Crippen LogP contribution is 2.33. The minimum absolute atomic E-state index is 0.103. The molecule has 3 N–H and O–H groups in total. The minimum Gasteiger partial charge on any atom is -0.454 e. The molecule has 1 aromatic heterocycles. The number of aromatic nitrogens is 2. The Hall–Kier alpha value is -3.02. The maximum absolute atomic E-state index is 13.4. The highest BCUT2D eigenvalue weighted by atomic mass is 19.1. The number of hydrogen-bond acceptors (Lipinski definition) is 4. The van der Waals surface area contributed by atoms with E-state index in [2.05, 4.69) is 10.2 Å². The predicted octanol–water partition coefficient (Wildman–Crippen LogP) is 3.18. The van der Waals surface area contributed by atoms with Crippen molar-refractivity contribution < 1.29 is 13.9 Å². The molecule has 110 valence electrons. The maximum Gasteiger partial charge on any atom is 0.231 e. The van der Waals surface area contributed by atoms with E-state index < -0.39 is 5.82 Å². The zero-order chi connectivity index (χ0) is 15.1. The summed E-state index contributed by atoms with van der Waals surface area (Å²) in [6.07, 6.45) is 3.74. The third kappa shape index (κ3) is 2.05. The second kappa shape index (κ2) is 4.77. The Balaban J connectivity index is 1.70. The second-order valence-corrected chi connectivity index (χ2v) is 4.97. The fourth-order valence-corrected chi connectivity index (χ4v) is 2.39. The first-order valence-electron chi connectivity index (χ1n) is 6.71. The molecule has 0 spiro atoms. The fourth-order valence-electron chi connectivity index (χ4n) is 2.39. The van der Waals surface area contributed by atoms with Crippen molar-refractivity contribution in [1.29, 1.82) is 0 Å². The number of ether oxygens (including phenoxy) is 2. The number of H-pyrrole nitrogens is 1. The highest BCUT2D eigenvalue weighted by molar-refractivity contribution is 5.91. The quantitative estimate of drug-likeness (QED) is 0.712. The van der Waals surface area contributed by atoms with Crippen LogP contribution in [0.25, 0.3) is 23.1 Å². The molecule has 4 rings (SSSR count). The van der Waals surface area contributed by atoms with Crippen LogP contribution in [0.1, 0.15) is 11.3 Å². The molecule has 0 atom stereocenters. The molecule has 3 aromatic rings. The zero-order valence-corrected chi connectivity index (χ0v) is 11.5. The topological polar surface area (TPSA) is 73.2 Å². The lowest BCUT2D eigenvalue weighted by Crippen LogP contribution is -1.92. The Labute approximate surface area is 125 Å². The third-order valence-electron chi connectivity index (χ3n) is 3.54. The molecule has 0 aliphatic carbocycles. The van der Waals surface area contributed by atoms with Crippen LogP contribution in [0.15, 0.2) is 30.3 Å². The SMILES string of the molecule is Nc1cc2c(C=Cc3ccc4c(c3)OCO4)n[nH]c2cc1F. The molecule has 5 nitrogen and oxygen atoms in total. The first-order valence-corrected chi connectivity index (χ1v) is 6.71. The van der Waals surface area contributed by atoms with Crippen LogP contribution in [-0.2, 0) is 0 Å². The number of nitrogens with one attached hydrogen (secondary N) is 1. The number of fused-ring (bicyclic) bond motifs is 2. The van der Waals surface area contributed by atoms with Gasteiger partial charge in [0.2, 0.25) is 6.79 Å².